The minimum absolute atomic E-state index is 0.109. The average Bonchev–Trinajstić information content (AvgIpc) is 3.06. The van der Waals surface area contributed by atoms with E-state index < -0.39 is 50.6 Å². The number of aromatic amines is 2. The second-order valence-corrected chi connectivity index (χ2v) is 14.7. The number of allylic oxidation sites excluding steroid dienone is 4. The second-order valence-electron chi connectivity index (χ2n) is 10.7. The Morgan fingerprint density at radius 2 is 1.27 bits per heavy atom. The minimum atomic E-state index is -3.67. The van der Waals surface area contributed by atoms with Crippen LogP contribution in [0.15, 0.2) is 68.0 Å². The highest BCUT2D eigenvalue weighted by Crippen LogP contribution is 2.48. The van der Waals surface area contributed by atoms with Gasteiger partial charge in [0, 0.05) is 64.0 Å². The van der Waals surface area contributed by atoms with E-state index in [0.717, 1.165) is 0 Å². The third-order valence-electron chi connectivity index (χ3n) is 6.01. The van der Waals surface area contributed by atoms with Crippen molar-refractivity contribution in [3.63, 3.8) is 0 Å². The Kier molecular flexibility index (Phi) is 23.3. The van der Waals surface area contributed by atoms with Crippen molar-refractivity contribution in [2.24, 2.45) is 0 Å². The zero-order chi connectivity index (χ0) is 38.8. The molecule has 19 nitrogen and oxygen atoms in total. The summed E-state index contributed by atoms with van der Waals surface area (Å²) in [5, 5.41) is 0. The summed E-state index contributed by atoms with van der Waals surface area (Å²) in [6.45, 7) is 9.17. The van der Waals surface area contributed by atoms with Gasteiger partial charge in [-0.1, -0.05) is 24.3 Å². The molecule has 0 aliphatic heterocycles. The van der Waals surface area contributed by atoms with Crippen molar-refractivity contribution in [3.8, 4) is 0 Å². The van der Waals surface area contributed by atoms with E-state index in [2.05, 4.69) is 9.97 Å². The third-order valence-corrected chi connectivity index (χ3v) is 9.00. The van der Waals surface area contributed by atoms with Crippen molar-refractivity contribution in [2.75, 3.05) is 58.8 Å². The predicted molar refractivity (Wildman–Crippen MR) is 191 cm³/mol. The molecular formula is C31H50N4O15P2. The Balaban J connectivity index is 0.000000545. The molecule has 0 amide bonds. The number of nitrogens with zero attached hydrogens (tertiary/aromatic N) is 2. The zero-order valence-electron chi connectivity index (χ0n) is 29.8. The molecule has 52 heavy (non-hydrogen) atoms. The van der Waals surface area contributed by atoms with Gasteiger partial charge in [0.05, 0.1) is 31.6 Å². The summed E-state index contributed by atoms with van der Waals surface area (Å²) in [5.74, 6) is 0. The molecule has 2 unspecified atom stereocenters. The number of aromatic nitrogens is 4. The molecule has 0 spiro atoms. The maximum atomic E-state index is 12.9. The molecule has 0 saturated carbocycles. The summed E-state index contributed by atoms with van der Waals surface area (Å²) in [7, 11) is -7.29. The van der Waals surface area contributed by atoms with Crippen molar-refractivity contribution in [3.05, 3.63) is 90.5 Å². The maximum absolute atomic E-state index is 12.9. The largest absolute Gasteiger partial charge is 0.510 e. The zero-order valence-corrected chi connectivity index (χ0v) is 31.6. The van der Waals surface area contributed by atoms with Gasteiger partial charge in [-0.3, -0.25) is 42.3 Å². The first kappa shape index (κ1) is 46.4. The van der Waals surface area contributed by atoms with Crippen molar-refractivity contribution in [1.82, 2.24) is 19.1 Å². The van der Waals surface area contributed by atoms with Gasteiger partial charge >= 0.3 is 32.7 Å². The number of rotatable bonds is 24. The molecule has 0 radical (unpaired) electrons. The molecule has 2 aromatic heterocycles. The Bertz CT molecular complexity index is 1710. The Morgan fingerprint density at radius 1 is 0.769 bits per heavy atom. The number of carbonyl (C=O) groups excluding carboxylic acids is 1. The fourth-order valence-corrected chi connectivity index (χ4v) is 5.81. The lowest BCUT2D eigenvalue weighted by Crippen LogP contribution is -2.28. The quantitative estimate of drug-likeness (QED) is 0.0456. The number of ether oxygens (including phenoxy) is 4. The SMILES string of the molecule is CCOCCCOP(=O)(C/C=C/Cn1ccc(=O)[nH]c1=O)OCOC(=O)OC(C)C.CCOCCCOP(=O)(O)C/C=C/Cn1ccc(=O)[nH]c1=O. The predicted octanol–water partition coefficient (Wildman–Crippen LogP) is 2.99. The lowest BCUT2D eigenvalue weighted by molar-refractivity contribution is -0.0130. The van der Waals surface area contributed by atoms with Crippen LogP contribution >= 0.6 is 15.2 Å². The molecule has 2 rings (SSSR count). The van der Waals surface area contributed by atoms with Crippen LogP contribution < -0.4 is 22.5 Å². The summed E-state index contributed by atoms with van der Waals surface area (Å²) < 4.78 is 62.4. The van der Waals surface area contributed by atoms with E-state index in [1.165, 1.54) is 45.8 Å². The highest BCUT2D eigenvalue weighted by Gasteiger charge is 2.24. The van der Waals surface area contributed by atoms with E-state index in [1.54, 1.807) is 26.0 Å². The first-order chi connectivity index (χ1) is 24.7. The highest BCUT2D eigenvalue weighted by atomic mass is 31.2. The standard InChI is InChI=1S/C18H29N2O9P.C13H21N2O6P/c1-4-25-11-7-12-27-30(24,28-14-26-18(23)29-15(2)3)13-6-5-9-20-10-8-16(21)19-17(20)22;1-2-20-9-5-10-21-22(18,19)11-4-3-7-15-8-6-12(16)14-13(15)17/h5-6,8,10,15H,4,7,9,11-14H2,1-3H3,(H,19,21,22);3-4,6,8H,2,5,7,9-11H2,1H3,(H,18,19)(H,14,16,17)/b6-5+;4-3+. The summed E-state index contributed by atoms with van der Waals surface area (Å²) >= 11 is 0. The number of hydrogen-bond donors (Lipinski definition) is 3. The fourth-order valence-electron chi connectivity index (χ4n) is 3.56. The van der Waals surface area contributed by atoms with Gasteiger partial charge < -0.3 is 32.9 Å². The molecule has 3 N–H and O–H groups in total. The van der Waals surface area contributed by atoms with Gasteiger partial charge in [0.15, 0.2) is 0 Å². The smallest absolute Gasteiger partial charge is 0.432 e. The number of H-pyrrole nitrogens is 2. The van der Waals surface area contributed by atoms with Crippen molar-refractivity contribution < 1.29 is 51.3 Å². The first-order valence-electron chi connectivity index (χ1n) is 16.4. The van der Waals surface area contributed by atoms with Gasteiger partial charge in [-0.15, -0.1) is 0 Å². The summed E-state index contributed by atoms with van der Waals surface area (Å²) in [6, 6.07) is 2.45. The normalized spacial score (nSPS) is 13.8. The van der Waals surface area contributed by atoms with Gasteiger partial charge in [-0.2, -0.15) is 0 Å². The van der Waals surface area contributed by atoms with E-state index in [0.29, 0.717) is 39.3 Å². The molecule has 0 aliphatic carbocycles. The summed E-state index contributed by atoms with van der Waals surface area (Å²) in [6.07, 6.45) is 8.34. The molecule has 0 aliphatic rings. The van der Waals surface area contributed by atoms with E-state index in [1.807, 2.05) is 13.8 Å². The highest BCUT2D eigenvalue weighted by molar-refractivity contribution is 7.54. The molecule has 0 aromatic carbocycles. The fraction of sp³-hybridized carbons (Fsp3) is 0.581. The lowest BCUT2D eigenvalue weighted by Gasteiger charge is -2.17. The van der Waals surface area contributed by atoms with Crippen LogP contribution in [0.25, 0.3) is 0 Å². The molecule has 21 heteroatoms. The Hall–Kier alpha value is -3.67. The van der Waals surface area contributed by atoms with Crippen LogP contribution in [-0.4, -0.2) is 95.0 Å². The summed E-state index contributed by atoms with van der Waals surface area (Å²) in [5.41, 5.74) is -2.05. The molecule has 2 aromatic rings. The van der Waals surface area contributed by atoms with Gasteiger partial charge in [0.1, 0.15) is 0 Å². The molecule has 2 heterocycles. The molecule has 0 saturated heterocycles. The molecule has 0 fully saturated rings. The molecule has 2 atom stereocenters. The minimum Gasteiger partial charge on any atom is -0.432 e. The Labute approximate surface area is 300 Å². The van der Waals surface area contributed by atoms with Crippen molar-refractivity contribution in [1.29, 1.82) is 0 Å². The summed E-state index contributed by atoms with van der Waals surface area (Å²) in [4.78, 5) is 70.2. The van der Waals surface area contributed by atoms with Gasteiger partial charge in [0.25, 0.3) is 11.1 Å². The maximum Gasteiger partial charge on any atom is 0.510 e. The van der Waals surface area contributed by atoms with Crippen LogP contribution in [0.2, 0.25) is 0 Å². The number of nitrogens with one attached hydrogen (secondary N) is 2. The molecular weight excluding hydrogens is 730 g/mol. The van der Waals surface area contributed by atoms with Crippen LogP contribution in [0.3, 0.4) is 0 Å². The Morgan fingerprint density at radius 3 is 1.75 bits per heavy atom. The average molecular weight is 781 g/mol. The van der Waals surface area contributed by atoms with Crippen LogP contribution in [0.5, 0.6) is 0 Å². The van der Waals surface area contributed by atoms with E-state index >= 15 is 0 Å². The second kappa shape index (κ2) is 26.1. The van der Waals surface area contributed by atoms with Gasteiger partial charge in [-0.05, 0) is 40.5 Å². The van der Waals surface area contributed by atoms with Gasteiger partial charge in [0.2, 0.25) is 6.79 Å². The lowest BCUT2D eigenvalue weighted by atomic mass is 10.5. The third kappa shape index (κ3) is 22.3. The van der Waals surface area contributed by atoms with Crippen molar-refractivity contribution in [2.45, 2.75) is 59.7 Å². The van der Waals surface area contributed by atoms with Crippen LogP contribution in [0.1, 0.15) is 40.5 Å². The van der Waals surface area contributed by atoms with Crippen LogP contribution in [-0.2, 0) is 54.7 Å². The van der Waals surface area contributed by atoms with Gasteiger partial charge in [-0.25, -0.2) is 14.4 Å². The number of carbonyl (C=O) groups is 1. The molecule has 294 valence electrons. The number of hydrogen-bond acceptors (Lipinski definition) is 14. The monoisotopic (exact) mass is 780 g/mol. The molecule has 0 bridgehead atoms. The van der Waals surface area contributed by atoms with Crippen LogP contribution in [0.4, 0.5) is 4.79 Å². The van der Waals surface area contributed by atoms with E-state index in [9.17, 15) is 38.0 Å². The van der Waals surface area contributed by atoms with E-state index in [-0.39, 0.29) is 44.7 Å². The first-order valence-corrected chi connectivity index (χ1v) is 19.9. The van der Waals surface area contributed by atoms with E-state index in [4.69, 9.17) is 32.5 Å². The topological polar surface area (TPSA) is 246 Å². The van der Waals surface area contributed by atoms with Crippen LogP contribution in [0, 0.1) is 0 Å². The van der Waals surface area contributed by atoms with Crippen molar-refractivity contribution >= 4 is 21.3 Å².